The molecule has 0 saturated heterocycles. The summed E-state index contributed by atoms with van der Waals surface area (Å²) in [5.74, 6) is -3.50. The van der Waals surface area contributed by atoms with Crippen molar-refractivity contribution in [3.8, 4) is 5.75 Å². The van der Waals surface area contributed by atoms with E-state index in [4.69, 9.17) is 16.3 Å². The number of amides is 2. The van der Waals surface area contributed by atoms with Gasteiger partial charge in [-0.25, -0.2) is 8.78 Å². The fourth-order valence-corrected chi connectivity index (χ4v) is 2.40. The molecule has 0 heterocycles. The summed E-state index contributed by atoms with van der Waals surface area (Å²) < 4.78 is 32.4. The third kappa shape index (κ3) is 5.14. The minimum Gasteiger partial charge on any atom is -0.481 e. The second kappa shape index (κ2) is 8.26. The van der Waals surface area contributed by atoms with Gasteiger partial charge in [-0.05, 0) is 37.3 Å². The van der Waals surface area contributed by atoms with Crippen LogP contribution in [0.2, 0.25) is 5.02 Å². The van der Waals surface area contributed by atoms with E-state index in [1.807, 2.05) is 0 Å². The molecule has 1 unspecified atom stereocenters. The Morgan fingerprint density at radius 1 is 1.16 bits per heavy atom. The minimum absolute atomic E-state index is 0.288. The van der Waals surface area contributed by atoms with Gasteiger partial charge in [0.1, 0.15) is 5.75 Å². The highest BCUT2D eigenvalue weighted by molar-refractivity contribution is 9.10. The maximum absolute atomic E-state index is 13.2. The fraction of sp³-hybridized carbons (Fsp3) is 0.125. The zero-order chi connectivity index (χ0) is 18.6. The second-order valence-corrected chi connectivity index (χ2v) is 6.23. The van der Waals surface area contributed by atoms with Crippen molar-refractivity contribution < 1.29 is 23.1 Å². The van der Waals surface area contributed by atoms with E-state index in [9.17, 15) is 18.4 Å². The number of hydrazine groups is 1. The maximum Gasteiger partial charge on any atom is 0.279 e. The average Bonchev–Trinajstić information content (AvgIpc) is 2.55. The molecular weight excluding hydrogens is 422 g/mol. The molecule has 0 radical (unpaired) electrons. The van der Waals surface area contributed by atoms with Crippen molar-refractivity contribution in [2.75, 3.05) is 0 Å². The molecule has 0 aliphatic carbocycles. The second-order valence-electron chi connectivity index (χ2n) is 4.91. The number of rotatable bonds is 4. The van der Waals surface area contributed by atoms with Crippen LogP contribution in [-0.2, 0) is 4.79 Å². The molecule has 0 spiro atoms. The third-order valence-electron chi connectivity index (χ3n) is 3.03. The summed E-state index contributed by atoms with van der Waals surface area (Å²) in [7, 11) is 0. The molecular formula is C16H12BrClF2N2O3. The zero-order valence-corrected chi connectivity index (χ0v) is 15.1. The monoisotopic (exact) mass is 432 g/mol. The lowest BCUT2D eigenvalue weighted by Crippen LogP contribution is -2.47. The Balaban J connectivity index is 1.95. The lowest BCUT2D eigenvalue weighted by Gasteiger charge is -2.15. The molecule has 2 aromatic carbocycles. The van der Waals surface area contributed by atoms with Gasteiger partial charge in [0, 0.05) is 4.47 Å². The highest BCUT2D eigenvalue weighted by Gasteiger charge is 2.18. The largest absolute Gasteiger partial charge is 0.481 e. The molecule has 0 aromatic heterocycles. The molecule has 0 aliphatic rings. The van der Waals surface area contributed by atoms with Crippen molar-refractivity contribution in [1.82, 2.24) is 10.9 Å². The Kier molecular flexibility index (Phi) is 6.33. The van der Waals surface area contributed by atoms with Gasteiger partial charge in [0.25, 0.3) is 11.8 Å². The first-order valence-electron chi connectivity index (χ1n) is 6.95. The predicted octanol–water partition coefficient (Wildman–Crippen LogP) is 3.61. The highest BCUT2D eigenvalue weighted by atomic mass is 79.9. The van der Waals surface area contributed by atoms with Gasteiger partial charge in [0.15, 0.2) is 17.7 Å². The molecule has 0 aliphatic heterocycles. The molecule has 132 valence electrons. The third-order valence-corrected chi connectivity index (χ3v) is 3.84. The zero-order valence-electron chi connectivity index (χ0n) is 12.8. The van der Waals surface area contributed by atoms with Crippen LogP contribution in [0.4, 0.5) is 8.78 Å². The van der Waals surface area contributed by atoms with Crippen molar-refractivity contribution in [1.29, 1.82) is 0 Å². The molecule has 2 rings (SSSR count). The fourth-order valence-electron chi connectivity index (χ4n) is 1.78. The highest BCUT2D eigenvalue weighted by Crippen LogP contribution is 2.20. The number of hydrogen-bond acceptors (Lipinski definition) is 3. The van der Waals surface area contributed by atoms with Gasteiger partial charge in [-0.15, -0.1) is 0 Å². The van der Waals surface area contributed by atoms with E-state index in [2.05, 4.69) is 26.8 Å². The Bertz CT molecular complexity index is 820. The van der Waals surface area contributed by atoms with Crippen LogP contribution in [-0.4, -0.2) is 17.9 Å². The van der Waals surface area contributed by atoms with E-state index in [1.54, 1.807) is 24.3 Å². The number of halogens is 4. The van der Waals surface area contributed by atoms with E-state index in [0.717, 1.165) is 4.47 Å². The summed E-state index contributed by atoms with van der Waals surface area (Å²) in [6.07, 6.45) is -0.921. The quantitative estimate of drug-likeness (QED) is 0.572. The van der Waals surface area contributed by atoms with Crippen LogP contribution < -0.4 is 15.6 Å². The lowest BCUT2D eigenvalue weighted by atomic mass is 10.2. The van der Waals surface area contributed by atoms with Gasteiger partial charge in [-0.3, -0.25) is 20.4 Å². The number of hydrogen-bond donors (Lipinski definition) is 2. The van der Waals surface area contributed by atoms with Crippen molar-refractivity contribution in [2.24, 2.45) is 0 Å². The molecule has 9 heteroatoms. The molecule has 25 heavy (non-hydrogen) atoms. The molecule has 0 bridgehead atoms. The first-order chi connectivity index (χ1) is 11.8. The van der Waals surface area contributed by atoms with Crippen molar-refractivity contribution in [2.45, 2.75) is 13.0 Å². The molecule has 0 saturated carbocycles. The van der Waals surface area contributed by atoms with Crippen LogP contribution in [0.1, 0.15) is 17.3 Å². The molecule has 2 N–H and O–H groups in total. The van der Waals surface area contributed by atoms with Gasteiger partial charge < -0.3 is 4.74 Å². The Labute approximate surface area is 155 Å². The van der Waals surface area contributed by atoms with Crippen LogP contribution >= 0.6 is 27.5 Å². The van der Waals surface area contributed by atoms with Crippen LogP contribution in [0.3, 0.4) is 0 Å². The molecule has 5 nitrogen and oxygen atoms in total. The van der Waals surface area contributed by atoms with Crippen molar-refractivity contribution >= 4 is 39.3 Å². The van der Waals surface area contributed by atoms with Gasteiger partial charge in [-0.2, -0.15) is 0 Å². The minimum atomic E-state index is -1.23. The van der Waals surface area contributed by atoms with Crippen molar-refractivity contribution in [3.05, 3.63) is 63.1 Å². The van der Waals surface area contributed by atoms with E-state index >= 15 is 0 Å². The van der Waals surface area contributed by atoms with Crippen LogP contribution in [0, 0.1) is 11.6 Å². The van der Waals surface area contributed by atoms with Gasteiger partial charge in [-0.1, -0.05) is 33.6 Å². The van der Waals surface area contributed by atoms with E-state index < -0.39 is 29.6 Å². The smallest absolute Gasteiger partial charge is 0.279 e. The van der Waals surface area contributed by atoms with Crippen LogP contribution in [0.5, 0.6) is 5.75 Å². The van der Waals surface area contributed by atoms with Gasteiger partial charge >= 0.3 is 0 Å². The van der Waals surface area contributed by atoms with Gasteiger partial charge in [0.05, 0.1) is 10.6 Å². The summed E-state index contributed by atoms with van der Waals surface area (Å²) in [6, 6.07) is 8.17. The number of carbonyl (C=O) groups excluding carboxylic acids is 2. The summed E-state index contributed by atoms with van der Waals surface area (Å²) in [5.41, 5.74) is 3.87. The average molecular weight is 434 g/mol. The first-order valence-corrected chi connectivity index (χ1v) is 8.12. The van der Waals surface area contributed by atoms with E-state index in [1.165, 1.54) is 6.92 Å². The summed E-state index contributed by atoms with van der Waals surface area (Å²) in [5, 5.41) is -0.288. The maximum atomic E-state index is 13.2. The lowest BCUT2D eigenvalue weighted by molar-refractivity contribution is -0.128. The standard InChI is InChI=1S/C16H12BrClF2N2O3/c1-8(25-10-4-2-3-9(17)5-10)15(23)21-22-16(24)11-6-13(19)14(20)7-12(11)18/h2-8H,1H3,(H,21,23)(H,22,24). The van der Waals surface area contributed by atoms with Crippen molar-refractivity contribution in [3.63, 3.8) is 0 Å². The Hall–Kier alpha value is -2.19. The summed E-state index contributed by atoms with van der Waals surface area (Å²) in [6.45, 7) is 1.48. The molecule has 1 atom stereocenters. The number of benzene rings is 2. The molecule has 0 fully saturated rings. The predicted molar refractivity (Wildman–Crippen MR) is 91.2 cm³/mol. The SMILES string of the molecule is CC(Oc1cccc(Br)c1)C(=O)NNC(=O)c1cc(F)c(F)cc1Cl. The normalized spacial score (nSPS) is 11.6. The Morgan fingerprint density at radius 3 is 2.52 bits per heavy atom. The molecule has 2 aromatic rings. The van der Waals surface area contributed by atoms with E-state index in [0.29, 0.717) is 17.9 Å². The summed E-state index contributed by atoms with van der Waals surface area (Å²) >= 11 is 8.96. The first kappa shape index (κ1) is 19.1. The number of carbonyl (C=O) groups is 2. The summed E-state index contributed by atoms with van der Waals surface area (Å²) in [4.78, 5) is 23.9. The van der Waals surface area contributed by atoms with E-state index in [-0.39, 0.29) is 10.6 Å². The van der Waals surface area contributed by atoms with Gasteiger partial charge in [0.2, 0.25) is 0 Å². The topological polar surface area (TPSA) is 67.4 Å². The Morgan fingerprint density at radius 2 is 1.84 bits per heavy atom. The van der Waals surface area contributed by atoms with Crippen LogP contribution in [0.15, 0.2) is 40.9 Å². The van der Waals surface area contributed by atoms with Crippen LogP contribution in [0.25, 0.3) is 0 Å². The number of nitrogens with one attached hydrogen (secondary N) is 2. The number of ether oxygens (including phenoxy) is 1. The molecule has 2 amide bonds.